The molecule has 0 fully saturated rings. The Balaban J connectivity index is 2.28. The fraction of sp³-hybridized carbons (Fsp3) is 0.538. The van der Waals surface area contributed by atoms with Crippen LogP contribution in [0.4, 0.5) is 0 Å². The normalized spacial score (nSPS) is 11.9. The number of hydrogen-bond acceptors (Lipinski definition) is 7. The van der Waals surface area contributed by atoms with Gasteiger partial charge in [0.1, 0.15) is 10.8 Å². The second-order valence-electron chi connectivity index (χ2n) is 4.57. The van der Waals surface area contributed by atoms with E-state index in [9.17, 15) is 10.1 Å². The molecule has 6 nitrogen and oxygen atoms in total. The summed E-state index contributed by atoms with van der Waals surface area (Å²) in [5, 5.41) is 14.0. The van der Waals surface area contributed by atoms with Crippen LogP contribution in [0.3, 0.4) is 0 Å². The molecule has 8 heteroatoms. The van der Waals surface area contributed by atoms with Crippen molar-refractivity contribution >= 4 is 23.5 Å². The highest BCUT2D eigenvalue weighted by molar-refractivity contribution is 8.02. The average Bonchev–Trinajstić information content (AvgIpc) is 2.83. The van der Waals surface area contributed by atoms with Gasteiger partial charge in [-0.05, 0) is 26.4 Å². The molecule has 0 aromatic carbocycles. The second kappa shape index (κ2) is 9.75. The lowest BCUT2D eigenvalue weighted by atomic mass is 10.3. The molecule has 0 saturated carbocycles. The zero-order chi connectivity index (χ0) is 15.7. The Hall–Kier alpha value is -1.12. The van der Waals surface area contributed by atoms with Crippen LogP contribution in [0.5, 0.6) is 0 Å². The summed E-state index contributed by atoms with van der Waals surface area (Å²) in [6, 6.07) is 2.00. The first kappa shape index (κ1) is 17.9. The van der Waals surface area contributed by atoms with Crippen molar-refractivity contribution in [1.82, 2.24) is 10.2 Å². The lowest BCUT2D eigenvalue weighted by Gasteiger charge is -2.09. The van der Waals surface area contributed by atoms with E-state index < -0.39 is 4.92 Å². The van der Waals surface area contributed by atoms with Gasteiger partial charge in [0.2, 0.25) is 0 Å². The molecule has 0 radical (unpaired) electrons. The predicted octanol–water partition coefficient (Wildman–Crippen LogP) is 2.60. The fourth-order valence-electron chi connectivity index (χ4n) is 1.62. The van der Waals surface area contributed by atoms with Crippen molar-refractivity contribution in [3.8, 4) is 0 Å². The van der Waals surface area contributed by atoms with Crippen LogP contribution in [0.25, 0.3) is 0 Å². The summed E-state index contributed by atoms with van der Waals surface area (Å²) < 4.78 is 5.47. The molecule has 0 aliphatic carbocycles. The molecule has 0 bridgehead atoms. The summed E-state index contributed by atoms with van der Waals surface area (Å²) in [5.41, 5.74) is 1.21. The van der Waals surface area contributed by atoms with Crippen LogP contribution in [0.2, 0.25) is 0 Å². The van der Waals surface area contributed by atoms with Crippen molar-refractivity contribution in [3.63, 3.8) is 0 Å². The molecule has 1 heterocycles. The SMILES string of the molecule is CSC(=C[N+](=O)[O-])NCCSCc1ccoc1CN(C)C. The van der Waals surface area contributed by atoms with E-state index in [4.69, 9.17) is 4.42 Å². The lowest BCUT2D eigenvalue weighted by molar-refractivity contribution is -0.403. The van der Waals surface area contributed by atoms with Gasteiger partial charge in [0.05, 0.1) is 17.7 Å². The van der Waals surface area contributed by atoms with E-state index in [2.05, 4.69) is 10.2 Å². The third-order valence-corrected chi connectivity index (χ3v) is 4.24. The largest absolute Gasteiger partial charge is 0.468 e. The highest BCUT2D eigenvalue weighted by atomic mass is 32.2. The fourth-order valence-corrected chi connectivity index (χ4v) is 2.92. The molecular weight excluding hydrogens is 310 g/mol. The van der Waals surface area contributed by atoms with Crippen LogP contribution in [0.15, 0.2) is 28.0 Å². The summed E-state index contributed by atoms with van der Waals surface area (Å²) in [5.74, 6) is 2.76. The van der Waals surface area contributed by atoms with Gasteiger partial charge in [-0.15, -0.1) is 11.8 Å². The highest BCUT2D eigenvalue weighted by Gasteiger charge is 2.07. The van der Waals surface area contributed by atoms with Gasteiger partial charge >= 0.3 is 0 Å². The Morgan fingerprint density at radius 1 is 1.57 bits per heavy atom. The molecule has 1 aromatic rings. The van der Waals surface area contributed by atoms with Gasteiger partial charge < -0.3 is 14.6 Å². The monoisotopic (exact) mass is 331 g/mol. The van der Waals surface area contributed by atoms with Gasteiger partial charge in [-0.2, -0.15) is 11.8 Å². The van der Waals surface area contributed by atoms with Gasteiger partial charge in [0.25, 0.3) is 6.20 Å². The van der Waals surface area contributed by atoms with E-state index in [1.807, 2.05) is 26.4 Å². The molecule has 0 aliphatic heterocycles. The maximum atomic E-state index is 10.4. The molecule has 0 amide bonds. The number of hydrogen-bond donors (Lipinski definition) is 1. The molecule has 21 heavy (non-hydrogen) atoms. The highest BCUT2D eigenvalue weighted by Crippen LogP contribution is 2.19. The Bertz CT molecular complexity index is 475. The van der Waals surface area contributed by atoms with Crippen molar-refractivity contribution in [2.45, 2.75) is 12.3 Å². The maximum Gasteiger partial charge on any atom is 0.263 e. The Kier molecular flexibility index (Phi) is 8.33. The molecule has 0 spiro atoms. The molecule has 0 unspecified atom stereocenters. The first-order chi connectivity index (χ1) is 10.0. The molecule has 118 valence electrons. The summed E-state index contributed by atoms with van der Waals surface area (Å²) in [6.45, 7) is 1.50. The van der Waals surface area contributed by atoms with E-state index in [1.165, 1.54) is 17.3 Å². The standard InChI is InChI=1S/C13H21N3O3S2/c1-15(2)8-12-11(4-6-19-12)10-21-7-5-14-13(20-3)9-16(17)18/h4,6,9,14H,5,7-8,10H2,1-3H3. The minimum absolute atomic E-state index is 0.440. The Morgan fingerprint density at radius 2 is 2.33 bits per heavy atom. The van der Waals surface area contributed by atoms with E-state index in [0.29, 0.717) is 11.6 Å². The van der Waals surface area contributed by atoms with Crippen molar-refractivity contribution < 1.29 is 9.34 Å². The first-order valence-electron chi connectivity index (χ1n) is 6.43. The van der Waals surface area contributed by atoms with Gasteiger partial charge in [0, 0.05) is 23.6 Å². The number of nitrogens with zero attached hydrogens (tertiary/aromatic N) is 2. The minimum Gasteiger partial charge on any atom is -0.468 e. The van der Waals surface area contributed by atoms with Gasteiger partial charge in [-0.25, -0.2) is 0 Å². The van der Waals surface area contributed by atoms with E-state index in [-0.39, 0.29) is 0 Å². The van der Waals surface area contributed by atoms with Crippen molar-refractivity contribution in [3.05, 3.63) is 45.0 Å². The summed E-state index contributed by atoms with van der Waals surface area (Å²) in [6.07, 6.45) is 4.54. The lowest BCUT2D eigenvalue weighted by Crippen LogP contribution is -2.15. The average molecular weight is 331 g/mol. The van der Waals surface area contributed by atoms with Crippen molar-refractivity contribution in [2.75, 3.05) is 32.6 Å². The third-order valence-electron chi connectivity index (χ3n) is 2.54. The van der Waals surface area contributed by atoms with Gasteiger partial charge in [0.15, 0.2) is 0 Å². The number of rotatable bonds is 10. The van der Waals surface area contributed by atoms with E-state index >= 15 is 0 Å². The van der Waals surface area contributed by atoms with E-state index in [0.717, 1.165) is 30.0 Å². The second-order valence-corrected chi connectivity index (χ2v) is 6.52. The molecule has 0 saturated heterocycles. The van der Waals surface area contributed by atoms with E-state index in [1.54, 1.807) is 18.0 Å². The van der Waals surface area contributed by atoms with Crippen LogP contribution in [-0.2, 0) is 12.3 Å². The maximum absolute atomic E-state index is 10.4. The van der Waals surface area contributed by atoms with Crippen LogP contribution in [0.1, 0.15) is 11.3 Å². The molecule has 0 aliphatic rings. The summed E-state index contributed by atoms with van der Waals surface area (Å²) in [4.78, 5) is 12.0. The van der Waals surface area contributed by atoms with Gasteiger partial charge in [-0.1, -0.05) is 0 Å². The van der Waals surface area contributed by atoms with Crippen LogP contribution in [-0.4, -0.2) is 42.5 Å². The molecule has 1 rings (SSSR count). The number of thioether (sulfide) groups is 2. The molecule has 1 aromatic heterocycles. The summed E-state index contributed by atoms with van der Waals surface area (Å²) >= 11 is 3.12. The summed E-state index contributed by atoms with van der Waals surface area (Å²) in [7, 11) is 4.02. The molecular formula is C13H21N3O3S2. The Labute approximate surface area is 133 Å². The molecule has 0 atom stereocenters. The van der Waals surface area contributed by atoms with Crippen molar-refractivity contribution in [2.24, 2.45) is 0 Å². The zero-order valence-corrected chi connectivity index (χ0v) is 14.1. The first-order valence-corrected chi connectivity index (χ1v) is 8.81. The predicted molar refractivity (Wildman–Crippen MR) is 88.9 cm³/mol. The number of furan rings is 1. The smallest absolute Gasteiger partial charge is 0.263 e. The van der Waals surface area contributed by atoms with Gasteiger partial charge in [-0.3, -0.25) is 10.1 Å². The quantitative estimate of drug-likeness (QED) is 0.401. The van der Waals surface area contributed by atoms with Crippen molar-refractivity contribution in [1.29, 1.82) is 0 Å². The third kappa shape index (κ3) is 7.45. The van der Waals surface area contributed by atoms with Crippen LogP contribution >= 0.6 is 23.5 Å². The van der Waals surface area contributed by atoms with Crippen LogP contribution in [0, 0.1) is 10.1 Å². The van der Waals surface area contributed by atoms with Crippen LogP contribution < -0.4 is 5.32 Å². The zero-order valence-electron chi connectivity index (χ0n) is 12.5. The Morgan fingerprint density at radius 3 is 2.95 bits per heavy atom. The topological polar surface area (TPSA) is 71.5 Å². The molecule has 1 N–H and O–H groups in total. The number of nitro groups is 1. The minimum atomic E-state index is -0.440. The number of nitrogens with one attached hydrogen (secondary N) is 1.